The Balaban J connectivity index is 0.00000264. The molecule has 1 aromatic rings. The van der Waals surface area contributed by atoms with Crippen molar-refractivity contribution in [3.8, 4) is 0 Å². The number of hydrogen-bond acceptors (Lipinski definition) is 5. The molecule has 0 atom stereocenters. The predicted octanol–water partition coefficient (Wildman–Crippen LogP) is 0.809. The Kier molecular flexibility index (Phi) is 6.41. The maximum absolute atomic E-state index is 12.5. The van der Waals surface area contributed by atoms with Crippen molar-refractivity contribution in [2.45, 2.75) is 4.90 Å². The van der Waals surface area contributed by atoms with Crippen LogP contribution in [0.15, 0.2) is 23.1 Å². The van der Waals surface area contributed by atoms with E-state index in [-0.39, 0.29) is 22.9 Å². The van der Waals surface area contributed by atoms with Crippen LogP contribution in [0.3, 0.4) is 0 Å². The van der Waals surface area contributed by atoms with Gasteiger partial charge >= 0.3 is 5.97 Å². The predicted molar refractivity (Wildman–Crippen MR) is 91.2 cm³/mol. The van der Waals surface area contributed by atoms with Crippen LogP contribution in [0.4, 0.5) is 5.69 Å². The van der Waals surface area contributed by atoms with Gasteiger partial charge in [-0.15, -0.1) is 12.4 Å². The Morgan fingerprint density at radius 2 is 1.74 bits per heavy atom. The number of nitrogens with zero attached hydrogens (tertiary/aromatic N) is 3. The van der Waals surface area contributed by atoms with E-state index in [4.69, 9.17) is 5.11 Å². The molecule has 0 saturated carbocycles. The quantitative estimate of drug-likeness (QED) is 0.852. The van der Waals surface area contributed by atoms with E-state index in [9.17, 15) is 13.2 Å². The Hall–Kier alpha value is -1.35. The van der Waals surface area contributed by atoms with Gasteiger partial charge in [0.1, 0.15) is 4.90 Å². The molecule has 0 radical (unpaired) electrons. The lowest BCUT2D eigenvalue weighted by atomic mass is 10.2. The molecule has 1 saturated heterocycles. The van der Waals surface area contributed by atoms with Gasteiger partial charge in [0.2, 0.25) is 10.0 Å². The molecule has 0 spiro atoms. The molecule has 0 amide bonds. The summed E-state index contributed by atoms with van der Waals surface area (Å²) in [6, 6.07) is 4.28. The summed E-state index contributed by atoms with van der Waals surface area (Å²) in [5, 5.41) is 9.12. The normalized spacial score (nSPS) is 16.3. The number of likely N-dealkylation sites (N-methyl/N-ethyl adjacent to an activating group) is 1. The minimum atomic E-state index is -3.71. The number of hydrogen-bond donors (Lipinski definition) is 1. The summed E-state index contributed by atoms with van der Waals surface area (Å²) in [6.45, 7) is 3.09. The van der Waals surface area contributed by atoms with Gasteiger partial charge in [0.15, 0.2) is 0 Å². The highest BCUT2D eigenvalue weighted by Gasteiger charge is 2.27. The molecular weight excluding hydrogens is 342 g/mol. The second-order valence-electron chi connectivity index (χ2n) is 5.57. The van der Waals surface area contributed by atoms with E-state index in [1.165, 1.54) is 26.2 Å². The fourth-order valence-electron chi connectivity index (χ4n) is 2.36. The molecule has 1 aliphatic rings. The monoisotopic (exact) mass is 363 g/mol. The van der Waals surface area contributed by atoms with Gasteiger partial charge in [-0.2, -0.15) is 0 Å². The fraction of sp³-hybridized carbons (Fsp3) is 0.500. The van der Waals surface area contributed by atoms with Crippen molar-refractivity contribution in [2.24, 2.45) is 0 Å². The van der Waals surface area contributed by atoms with Gasteiger partial charge in [-0.3, -0.25) is 0 Å². The largest absolute Gasteiger partial charge is 0.478 e. The topological polar surface area (TPSA) is 81.2 Å². The molecule has 9 heteroatoms. The molecule has 130 valence electrons. The third-order valence-corrected chi connectivity index (χ3v) is 5.65. The summed E-state index contributed by atoms with van der Waals surface area (Å²) in [5.74, 6) is -1.14. The third-order valence-electron chi connectivity index (χ3n) is 3.81. The standard InChI is InChI=1S/C14H21N3O4S.ClH/c1-15(2)22(20,21)13-10-11(14(18)19)4-5-12(13)17-8-6-16(3)7-9-17;/h4-5,10H,6-9H2,1-3H3,(H,18,19);1H. The van der Waals surface area contributed by atoms with Crippen LogP contribution in [0, 0.1) is 0 Å². The van der Waals surface area contributed by atoms with Crippen LogP contribution in [0.2, 0.25) is 0 Å². The number of carbonyl (C=O) groups is 1. The van der Waals surface area contributed by atoms with Gasteiger partial charge in [-0.25, -0.2) is 17.5 Å². The maximum Gasteiger partial charge on any atom is 0.335 e. The Bertz CT molecular complexity index is 671. The van der Waals surface area contributed by atoms with E-state index in [2.05, 4.69) is 4.90 Å². The molecule has 1 heterocycles. The van der Waals surface area contributed by atoms with E-state index in [0.717, 1.165) is 17.4 Å². The number of aromatic carboxylic acids is 1. The molecule has 1 aromatic carbocycles. The molecule has 1 N–H and O–H groups in total. The first-order chi connectivity index (χ1) is 10.2. The Labute approximate surface area is 142 Å². The second kappa shape index (κ2) is 7.48. The van der Waals surface area contributed by atoms with Crippen molar-refractivity contribution in [3.05, 3.63) is 23.8 Å². The molecule has 1 aliphatic heterocycles. The van der Waals surface area contributed by atoms with Crippen molar-refractivity contribution < 1.29 is 18.3 Å². The van der Waals surface area contributed by atoms with Gasteiger partial charge in [0, 0.05) is 40.3 Å². The summed E-state index contributed by atoms with van der Waals surface area (Å²) >= 11 is 0. The van der Waals surface area contributed by atoms with Gasteiger partial charge in [0.25, 0.3) is 0 Å². The highest BCUT2D eigenvalue weighted by molar-refractivity contribution is 7.89. The molecule has 0 aromatic heterocycles. The number of halogens is 1. The number of sulfonamides is 1. The summed E-state index contributed by atoms with van der Waals surface area (Å²) in [5.41, 5.74) is 0.533. The summed E-state index contributed by atoms with van der Waals surface area (Å²) < 4.78 is 26.2. The number of anilines is 1. The minimum Gasteiger partial charge on any atom is -0.478 e. The zero-order valence-corrected chi connectivity index (χ0v) is 15.0. The van der Waals surface area contributed by atoms with Crippen LogP contribution in [0.5, 0.6) is 0 Å². The van der Waals surface area contributed by atoms with Crippen molar-refractivity contribution >= 4 is 34.1 Å². The minimum absolute atomic E-state index is 0. The fourth-order valence-corrected chi connectivity index (χ4v) is 3.49. The highest BCUT2D eigenvalue weighted by atomic mass is 35.5. The average molecular weight is 364 g/mol. The molecule has 0 bridgehead atoms. The first-order valence-corrected chi connectivity index (χ1v) is 8.41. The highest BCUT2D eigenvalue weighted by Crippen LogP contribution is 2.29. The Morgan fingerprint density at radius 3 is 2.22 bits per heavy atom. The van der Waals surface area contributed by atoms with Crippen LogP contribution in [0.1, 0.15) is 10.4 Å². The van der Waals surface area contributed by atoms with E-state index in [0.29, 0.717) is 18.8 Å². The molecular formula is C14H22ClN3O4S. The number of rotatable bonds is 4. The number of carboxylic acids is 1. The zero-order valence-electron chi connectivity index (χ0n) is 13.4. The summed E-state index contributed by atoms with van der Waals surface area (Å²) in [6.07, 6.45) is 0. The lowest BCUT2D eigenvalue weighted by molar-refractivity contribution is 0.0696. The lowest BCUT2D eigenvalue weighted by Crippen LogP contribution is -2.45. The van der Waals surface area contributed by atoms with Crippen molar-refractivity contribution in [3.63, 3.8) is 0 Å². The number of piperazine rings is 1. The van der Waals surface area contributed by atoms with E-state index in [1.54, 1.807) is 6.07 Å². The molecule has 1 fully saturated rings. The zero-order chi connectivity index (χ0) is 16.5. The van der Waals surface area contributed by atoms with Gasteiger partial charge in [0.05, 0.1) is 11.3 Å². The Morgan fingerprint density at radius 1 is 1.17 bits per heavy atom. The lowest BCUT2D eigenvalue weighted by Gasteiger charge is -2.35. The van der Waals surface area contributed by atoms with E-state index in [1.807, 2.05) is 11.9 Å². The second-order valence-corrected chi connectivity index (χ2v) is 7.69. The van der Waals surface area contributed by atoms with Crippen LogP contribution in [0.25, 0.3) is 0 Å². The first-order valence-electron chi connectivity index (χ1n) is 6.97. The molecule has 0 unspecified atom stereocenters. The summed E-state index contributed by atoms with van der Waals surface area (Å²) in [7, 11) is 1.19. The van der Waals surface area contributed by atoms with E-state index >= 15 is 0 Å². The van der Waals surface area contributed by atoms with E-state index < -0.39 is 16.0 Å². The van der Waals surface area contributed by atoms with Crippen molar-refractivity contribution in [1.82, 2.24) is 9.21 Å². The molecule has 23 heavy (non-hydrogen) atoms. The summed E-state index contributed by atoms with van der Waals surface area (Å²) in [4.78, 5) is 15.4. The van der Waals surface area contributed by atoms with Crippen LogP contribution in [-0.4, -0.2) is 76.0 Å². The first kappa shape index (κ1) is 19.7. The SMILES string of the molecule is CN1CCN(c2ccc(C(=O)O)cc2S(=O)(=O)N(C)C)CC1.Cl. The average Bonchev–Trinajstić information content (AvgIpc) is 2.47. The van der Waals surface area contributed by atoms with Gasteiger partial charge in [-0.05, 0) is 25.2 Å². The number of benzene rings is 1. The van der Waals surface area contributed by atoms with Crippen LogP contribution in [-0.2, 0) is 10.0 Å². The van der Waals surface area contributed by atoms with Crippen LogP contribution >= 0.6 is 12.4 Å². The smallest absolute Gasteiger partial charge is 0.335 e. The van der Waals surface area contributed by atoms with Crippen LogP contribution < -0.4 is 4.90 Å². The third kappa shape index (κ3) is 4.14. The van der Waals surface area contributed by atoms with Gasteiger partial charge in [-0.1, -0.05) is 0 Å². The maximum atomic E-state index is 12.5. The molecule has 7 nitrogen and oxygen atoms in total. The van der Waals surface area contributed by atoms with Gasteiger partial charge < -0.3 is 14.9 Å². The van der Waals surface area contributed by atoms with Crippen molar-refractivity contribution in [1.29, 1.82) is 0 Å². The van der Waals surface area contributed by atoms with Crippen molar-refractivity contribution in [2.75, 3.05) is 52.2 Å². The number of carboxylic acid groups (broad SMARTS) is 1. The molecule has 0 aliphatic carbocycles. The molecule has 2 rings (SSSR count).